The van der Waals surface area contributed by atoms with Gasteiger partial charge in [-0.15, -0.1) is 0 Å². The van der Waals surface area contributed by atoms with Crippen LogP contribution < -0.4 is 10.6 Å². The molecular formula is C15H24N4O2. The summed E-state index contributed by atoms with van der Waals surface area (Å²) in [6.07, 6.45) is 1.66. The third-order valence-electron chi connectivity index (χ3n) is 3.27. The molecule has 21 heavy (non-hydrogen) atoms. The van der Waals surface area contributed by atoms with E-state index in [1.165, 1.54) is 0 Å². The number of amides is 1. The Morgan fingerprint density at radius 2 is 2.19 bits per heavy atom. The molecule has 1 amide bonds. The zero-order valence-corrected chi connectivity index (χ0v) is 12.8. The second-order valence-electron chi connectivity index (χ2n) is 5.44. The van der Waals surface area contributed by atoms with Gasteiger partial charge in [0, 0.05) is 44.1 Å². The summed E-state index contributed by atoms with van der Waals surface area (Å²) in [6.45, 7) is 9.28. The van der Waals surface area contributed by atoms with E-state index < -0.39 is 0 Å². The van der Waals surface area contributed by atoms with Crippen molar-refractivity contribution in [1.82, 2.24) is 15.2 Å². The molecule has 1 saturated heterocycles. The highest BCUT2D eigenvalue weighted by molar-refractivity contribution is 5.93. The largest absolute Gasteiger partial charge is 0.384 e. The maximum Gasteiger partial charge on any atom is 0.270 e. The van der Waals surface area contributed by atoms with E-state index in [2.05, 4.69) is 20.5 Å². The lowest BCUT2D eigenvalue weighted by Gasteiger charge is -2.26. The second-order valence-corrected chi connectivity index (χ2v) is 5.44. The van der Waals surface area contributed by atoms with Gasteiger partial charge in [-0.05, 0) is 26.0 Å². The molecule has 2 N–H and O–H groups in total. The highest BCUT2D eigenvalue weighted by atomic mass is 16.5. The molecule has 0 bridgehead atoms. The highest BCUT2D eigenvalue weighted by Crippen LogP contribution is 2.08. The predicted molar refractivity (Wildman–Crippen MR) is 82.6 cm³/mol. The van der Waals surface area contributed by atoms with Crippen molar-refractivity contribution in [2.75, 3.05) is 44.7 Å². The molecule has 2 rings (SSSR count). The fraction of sp³-hybridized carbons (Fsp3) is 0.600. The predicted octanol–water partition coefficient (Wildman–Crippen LogP) is 0.964. The molecule has 0 spiro atoms. The van der Waals surface area contributed by atoms with Gasteiger partial charge < -0.3 is 15.4 Å². The van der Waals surface area contributed by atoms with Crippen molar-refractivity contribution in [3.05, 3.63) is 24.0 Å². The highest BCUT2D eigenvalue weighted by Gasteiger charge is 2.11. The summed E-state index contributed by atoms with van der Waals surface area (Å²) >= 11 is 0. The maximum absolute atomic E-state index is 11.9. The summed E-state index contributed by atoms with van der Waals surface area (Å²) in [5.74, 6) is -0.137. The van der Waals surface area contributed by atoms with E-state index in [4.69, 9.17) is 4.74 Å². The molecule has 116 valence electrons. The number of hydrogen-bond donors (Lipinski definition) is 2. The number of ether oxygens (including phenoxy) is 1. The Hall–Kier alpha value is -1.66. The summed E-state index contributed by atoms with van der Waals surface area (Å²) in [7, 11) is 0. The van der Waals surface area contributed by atoms with Crippen molar-refractivity contribution < 1.29 is 9.53 Å². The number of aromatic nitrogens is 1. The van der Waals surface area contributed by atoms with Gasteiger partial charge in [-0.1, -0.05) is 0 Å². The molecule has 1 aliphatic heterocycles. The first kappa shape index (κ1) is 15.7. The molecule has 0 aromatic carbocycles. The van der Waals surface area contributed by atoms with Crippen molar-refractivity contribution in [3.8, 4) is 0 Å². The number of nitrogens with zero attached hydrogens (tertiary/aromatic N) is 2. The number of hydrogen-bond acceptors (Lipinski definition) is 5. The van der Waals surface area contributed by atoms with E-state index >= 15 is 0 Å². The number of carbonyl (C=O) groups is 1. The van der Waals surface area contributed by atoms with Gasteiger partial charge in [0.15, 0.2) is 0 Å². The molecule has 0 saturated carbocycles. The van der Waals surface area contributed by atoms with Gasteiger partial charge in [-0.2, -0.15) is 0 Å². The number of morpholine rings is 1. The Balaban J connectivity index is 1.81. The van der Waals surface area contributed by atoms with E-state index in [-0.39, 0.29) is 11.9 Å². The van der Waals surface area contributed by atoms with Crippen molar-refractivity contribution in [2.45, 2.75) is 19.9 Å². The van der Waals surface area contributed by atoms with Crippen LogP contribution in [-0.2, 0) is 4.74 Å². The Labute approximate surface area is 125 Å². The third-order valence-corrected chi connectivity index (χ3v) is 3.27. The molecule has 2 heterocycles. The van der Waals surface area contributed by atoms with Crippen LogP contribution in [0.4, 0.5) is 5.69 Å². The standard InChI is InChI=1S/C15H24N4O2/c1-12(2)18-15(20)14-11-13(3-4-17-14)16-5-6-19-7-9-21-10-8-19/h3-4,11-12H,5-10H2,1-2H3,(H,16,17)(H,18,20). The average molecular weight is 292 g/mol. The summed E-state index contributed by atoms with van der Waals surface area (Å²) in [5, 5.41) is 6.18. The molecule has 0 radical (unpaired) electrons. The van der Waals surface area contributed by atoms with Crippen LogP contribution in [0.5, 0.6) is 0 Å². The fourth-order valence-corrected chi connectivity index (χ4v) is 2.18. The number of carbonyl (C=O) groups excluding carboxylic acids is 1. The van der Waals surface area contributed by atoms with Crippen molar-refractivity contribution >= 4 is 11.6 Å². The molecule has 1 aliphatic rings. The van der Waals surface area contributed by atoms with Gasteiger partial charge in [0.05, 0.1) is 13.2 Å². The fourth-order valence-electron chi connectivity index (χ4n) is 2.18. The van der Waals surface area contributed by atoms with Crippen LogP contribution in [0.15, 0.2) is 18.3 Å². The van der Waals surface area contributed by atoms with Crippen LogP contribution in [0.3, 0.4) is 0 Å². The van der Waals surface area contributed by atoms with Crippen LogP contribution in [0.1, 0.15) is 24.3 Å². The molecule has 6 nitrogen and oxygen atoms in total. The molecule has 1 fully saturated rings. The average Bonchev–Trinajstić information content (AvgIpc) is 2.48. The van der Waals surface area contributed by atoms with Crippen molar-refractivity contribution in [3.63, 3.8) is 0 Å². The monoisotopic (exact) mass is 292 g/mol. The molecule has 1 aromatic rings. The van der Waals surface area contributed by atoms with Gasteiger partial charge >= 0.3 is 0 Å². The maximum atomic E-state index is 11.9. The lowest BCUT2D eigenvalue weighted by molar-refractivity contribution is 0.0398. The molecule has 0 aliphatic carbocycles. The Bertz CT molecular complexity index is 459. The molecule has 6 heteroatoms. The van der Waals surface area contributed by atoms with Crippen LogP contribution in [0, 0.1) is 0 Å². The Morgan fingerprint density at radius 1 is 1.43 bits per heavy atom. The van der Waals surface area contributed by atoms with Gasteiger partial charge in [0.1, 0.15) is 5.69 Å². The van der Waals surface area contributed by atoms with E-state index in [1.807, 2.05) is 19.9 Å². The van der Waals surface area contributed by atoms with E-state index in [0.29, 0.717) is 5.69 Å². The van der Waals surface area contributed by atoms with Crippen molar-refractivity contribution in [2.24, 2.45) is 0 Å². The molecule has 0 atom stereocenters. The third kappa shape index (κ3) is 5.32. The first-order chi connectivity index (χ1) is 10.1. The summed E-state index contributed by atoms with van der Waals surface area (Å²) in [5.41, 5.74) is 1.37. The quantitative estimate of drug-likeness (QED) is 0.817. The normalized spacial score (nSPS) is 16.0. The van der Waals surface area contributed by atoms with Gasteiger partial charge in [0.2, 0.25) is 0 Å². The minimum absolute atomic E-state index is 0.109. The molecular weight excluding hydrogens is 268 g/mol. The van der Waals surface area contributed by atoms with Gasteiger partial charge in [0.25, 0.3) is 5.91 Å². The minimum atomic E-state index is -0.137. The lowest BCUT2D eigenvalue weighted by atomic mass is 10.2. The second kappa shape index (κ2) is 7.95. The van der Waals surface area contributed by atoms with Crippen LogP contribution >= 0.6 is 0 Å². The Morgan fingerprint density at radius 3 is 2.90 bits per heavy atom. The summed E-state index contributed by atoms with van der Waals surface area (Å²) in [4.78, 5) is 18.4. The lowest BCUT2D eigenvalue weighted by Crippen LogP contribution is -2.39. The SMILES string of the molecule is CC(C)NC(=O)c1cc(NCCN2CCOCC2)ccn1. The first-order valence-electron chi connectivity index (χ1n) is 7.46. The zero-order chi connectivity index (χ0) is 15.1. The minimum Gasteiger partial charge on any atom is -0.384 e. The van der Waals surface area contributed by atoms with Crippen LogP contribution in [0.25, 0.3) is 0 Å². The van der Waals surface area contributed by atoms with Gasteiger partial charge in [-0.3, -0.25) is 14.7 Å². The number of pyridine rings is 1. The van der Waals surface area contributed by atoms with Crippen LogP contribution in [0.2, 0.25) is 0 Å². The molecule has 1 aromatic heterocycles. The smallest absolute Gasteiger partial charge is 0.270 e. The first-order valence-corrected chi connectivity index (χ1v) is 7.46. The molecule has 0 unspecified atom stereocenters. The number of anilines is 1. The van der Waals surface area contributed by atoms with Crippen molar-refractivity contribution in [1.29, 1.82) is 0 Å². The Kier molecular flexibility index (Phi) is 5.95. The van der Waals surface area contributed by atoms with E-state index in [1.54, 1.807) is 12.3 Å². The summed E-state index contributed by atoms with van der Waals surface area (Å²) in [6, 6.07) is 3.78. The zero-order valence-electron chi connectivity index (χ0n) is 12.8. The number of rotatable bonds is 6. The van der Waals surface area contributed by atoms with E-state index in [0.717, 1.165) is 45.1 Å². The van der Waals surface area contributed by atoms with Crippen LogP contribution in [-0.4, -0.2) is 61.2 Å². The number of nitrogens with one attached hydrogen (secondary N) is 2. The topological polar surface area (TPSA) is 66.5 Å². The van der Waals surface area contributed by atoms with E-state index in [9.17, 15) is 4.79 Å². The van der Waals surface area contributed by atoms with Gasteiger partial charge in [-0.25, -0.2) is 0 Å². The summed E-state index contributed by atoms with van der Waals surface area (Å²) < 4.78 is 5.32.